The first kappa shape index (κ1) is 13.9. The number of piperazine rings is 1. The van der Waals surface area contributed by atoms with Crippen molar-refractivity contribution < 1.29 is 0 Å². The second-order valence-corrected chi connectivity index (χ2v) is 7.60. The maximum Gasteiger partial charge on any atom is 0.0309 e. The molecule has 0 bridgehead atoms. The van der Waals surface area contributed by atoms with Gasteiger partial charge in [0.05, 0.1) is 0 Å². The van der Waals surface area contributed by atoms with Crippen LogP contribution in [0.2, 0.25) is 0 Å². The molecule has 0 radical (unpaired) electrons. The number of hydrogen-bond donors (Lipinski definition) is 1. The Hall–Kier alpha value is -0.0800. The average Bonchev–Trinajstić information content (AvgIpc) is 3.12. The molecule has 2 saturated carbocycles. The van der Waals surface area contributed by atoms with Crippen molar-refractivity contribution in [3.8, 4) is 0 Å². The van der Waals surface area contributed by atoms with Crippen LogP contribution in [0.25, 0.3) is 0 Å². The van der Waals surface area contributed by atoms with Crippen molar-refractivity contribution in [2.75, 3.05) is 19.6 Å². The summed E-state index contributed by atoms with van der Waals surface area (Å²) in [4.78, 5) is 2.89. The molecule has 0 aromatic carbocycles. The van der Waals surface area contributed by atoms with Crippen LogP contribution in [0.3, 0.4) is 0 Å². The van der Waals surface area contributed by atoms with Gasteiger partial charge in [-0.05, 0) is 43.9 Å². The lowest BCUT2D eigenvalue weighted by atomic mass is 9.90. The first-order valence-corrected chi connectivity index (χ1v) is 8.71. The summed E-state index contributed by atoms with van der Waals surface area (Å²) in [6, 6.07) is 0.852. The monoisotopic (exact) mass is 264 g/mol. The fraction of sp³-hybridized carbons (Fsp3) is 1.00. The normalized spacial score (nSPS) is 32.8. The van der Waals surface area contributed by atoms with Crippen LogP contribution in [0.5, 0.6) is 0 Å². The molecule has 1 spiro atoms. The molecule has 2 aliphatic carbocycles. The second-order valence-electron chi connectivity index (χ2n) is 7.60. The lowest BCUT2D eigenvalue weighted by Crippen LogP contribution is -2.64. The summed E-state index contributed by atoms with van der Waals surface area (Å²) >= 11 is 0. The molecule has 2 nitrogen and oxygen atoms in total. The first-order valence-electron chi connectivity index (χ1n) is 8.71. The topological polar surface area (TPSA) is 15.3 Å². The fourth-order valence-electron chi connectivity index (χ4n) is 4.53. The molecule has 2 heteroatoms. The third kappa shape index (κ3) is 3.16. The van der Waals surface area contributed by atoms with E-state index in [4.69, 9.17) is 0 Å². The van der Waals surface area contributed by atoms with Gasteiger partial charge in [0.25, 0.3) is 0 Å². The van der Waals surface area contributed by atoms with E-state index in [1.807, 2.05) is 0 Å². The van der Waals surface area contributed by atoms with Gasteiger partial charge in [0.15, 0.2) is 0 Å². The molecule has 1 N–H and O–H groups in total. The molecule has 19 heavy (non-hydrogen) atoms. The Morgan fingerprint density at radius 1 is 1.26 bits per heavy atom. The van der Waals surface area contributed by atoms with Crippen molar-refractivity contribution in [3.63, 3.8) is 0 Å². The van der Waals surface area contributed by atoms with Crippen molar-refractivity contribution >= 4 is 0 Å². The van der Waals surface area contributed by atoms with E-state index in [1.165, 1.54) is 71.0 Å². The van der Waals surface area contributed by atoms with Crippen molar-refractivity contribution in [1.82, 2.24) is 10.2 Å². The van der Waals surface area contributed by atoms with Crippen LogP contribution in [0.4, 0.5) is 0 Å². The molecule has 2 unspecified atom stereocenters. The smallest absolute Gasteiger partial charge is 0.0309 e. The molecule has 3 rings (SSSR count). The molecule has 1 heterocycles. The van der Waals surface area contributed by atoms with E-state index < -0.39 is 0 Å². The molecule has 110 valence electrons. The van der Waals surface area contributed by atoms with Crippen LogP contribution in [0.15, 0.2) is 0 Å². The summed E-state index contributed by atoms with van der Waals surface area (Å²) in [7, 11) is 0. The van der Waals surface area contributed by atoms with Gasteiger partial charge in [-0.1, -0.05) is 33.1 Å². The summed E-state index contributed by atoms with van der Waals surface area (Å²) in [5.41, 5.74) is 0.497. The highest BCUT2D eigenvalue weighted by molar-refractivity contribution is 5.04. The summed E-state index contributed by atoms with van der Waals surface area (Å²) in [5, 5.41) is 3.96. The maximum atomic E-state index is 3.96. The molecule has 1 aliphatic heterocycles. The van der Waals surface area contributed by atoms with Gasteiger partial charge in [0.1, 0.15) is 0 Å². The van der Waals surface area contributed by atoms with Crippen molar-refractivity contribution in [1.29, 1.82) is 0 Å². The maximum absolute atomic E-state index is 3.96. The predicted octanol–water partition coefficient (Wildman–Crippen LogP) is 3.42. The van der Waals surface area contributed by atoms with Crippen molar-refractivity contribution in [3.05, 3.63) is 0 Å². The first-order chi connectivity index (χ1) is 9.22. The van der Waals surface area contributed by atoms with Crippen LogP contribution in [0.1, 0.15) is 65.2 Å². The molecule has 3 fully saturated rings. The summed E-state index contributed by atoms with van der Waals surface area (Å²) in [6.07, 6.45) is 11.4. The van der Waals surface area contributed by atoms with E-state index in [0.717, 1.165) is 17.9 Å². The highest BCUT2D eigenvalue weighted by Crippen LogP contribution is 2.40. The Labute approximate surface area is 119 Å². The van der Waals surface area contributed by atoms with Crippen LogP contribution >= 0.6 is 0 Å². The van der Waals surface area contributed by atoms with Crippen molar-refractivity contribution in [2.24, 2.45) is 11.8 Å². The van der Waals surface area contributed by atoms with E-state index in [1.54, 1.807) is 0 Å². The van der Waals surface area contributed by atoms with E-state index in [-0.39, 0.29) is 0 Å². The van der Waals surface area contributed by atoms with Gasteiger partial charge >= 0.3 is 0 Å². The van der Waals surface area contributed by atoms with Crippen LogP contribution in [0, 0.1) is 11.8 Å². The lowest BCUT2D eigenvalue weighted by Gasteiger charge is -2.47. The van der Waals surface area contributed by atoms with Gasteiger partial charge in [-0.3, -0.25) is 4.90 Å². The largest absolute Gasteiger partial charge is 0.308 e. The molecule has 0 aromatic rings. The number of nitrogens with zero attached hydrogens (tertiary/aromatic N) is 1. The van der Waals surface area contributed by atoms with Gasteiger partial charge in [0, 0.05) is 31.2 Å². The Morgan fingerprint density at radius 3 is 2.63 bits per heavy atom. The SMILES string of the molecule is CCCC(C)CN1CC2(CCCC2)NCC1C1CC1. The Balaban J connectivity index is 1.63. The van der Waals surface area contributed by atoms with Gasteiger partial charge in [-0.25, -0.2) is 0 Å². The molecule has 3 aliphatic rings. The zero-order valence-electron chi connectivity index (χ0n) is 13.0. The Kier molecular flexibility index (Phi) is 4.19. The summed E-state index contributed by atoms with van der Waals surface area (Å²) in [5.74, 6) is 1.89. The number of rotatable bonds is 5. The lowest BCUT2D eigenvalue weighted by molar-refractivity contribution is 0.0564. The Bertz CT molecular complexity index is 292. The third-order valence-electron chi connectivity index (χ3n) is 5.72. The zero-order chi connectivity index (χ0) is 13.3. The zero-order valence-corrected chi connectivity index (χ0v) is 13.0. The fourth-order valence-corrected chi connectivity index (χ4v) is 4.53. The predicted molar refractivity (Wildman–Crippen MR) is 81.4 cm³/mol. The van der Waals surface area contributed by atoms with Gasteiger partial charge < -0.3 is 5.32 Å². The van der Waals surface area contributed by atoms with Crippen LogP contribution in [-0.2, 0) is 0 Å². The quantitative estimate of drug-likeness (QED) is 0.818. The van der Waals surface area contributed by atoms with Gasteiger partial charge in [0.2, 0.25) is 0 Å². The number of nitrogens with one attached hydrogen (secondary N) is 1. The molecule has 0 amide bonds. The summed E-state index contributed by atoms with van der Waals surface area (Å²) in [6.45, 7) is 8.73. The number of hydrogen-bond acceptors (Lipinski definition) is 2. The minimum atomic E-state index is 0.497. The minimum Gasteiger partial charge on any atom is -0.308 e. The van der Waals surface area contributed by atoms with Crippen LogP contribution in [-0.4, -0.2) is 36.1 Å². The average molecular weight is 264 g/mol. The van der Waals surface area contributed by atoms with E-state index in [9.17, 15) is 0 Å². The van der Waals surface area contributed by atoms with E-state index in [0.29, 0.717) is 5.54 Å². The Morgan fingerprint density at radius 2 is 2.00 bits per heavy atom. The molecule has 0 aromatic heterocycles. The highest BCUT2D eigenvalue weighted by atomic mass is 15.3. The van der Waals surface area contributed by atoms with Gasteiger partial charge in [-0.15, -0.1) is 0 Å². The van der Waals surface area contributed by atoms with Crippen molar-refractivity contribution in [2.45, 2.75) is 76.8 Å². The molecular formula is C17H32N2. The van der Waals surface area contributed by atoms with E-state index in [2.05, 4.69) is 24.1 Å². The second kappa shape index (κ2) is 5.73. The molecular weight excluding hydrogens is 232 g/mol. The molecule has 2 atom stereocenters. The minimum absolute atomic E-state index is 0.497. The van der Waals surface area contributed by atoms with Gasteiger partial charge in [-0.2, -0.15) is 0 Å². The molecule has 1 saturated heterocycles. The third-order valence-corrected chi connectivity index (χ3v) is 5.72. The standard InChI is InChI=1S/C17H32N2/c1-3-6-14(2)12-19-13-17(9-4-5-10-17)18-11-16(19)15-7-8-15/h14-16,18H,3-13H2,1-2H3. The van der Waals surface area contributed by atoms with Crippen LogP contribution < -0.4 is 5.32 Å². The van der Waals surface area contributed by atoms with E-state index >= 15 is 0 Å². The summed E-state index contributed by atoms with van der Waals surface area (Å²) < 4.78 is 0. The highest BCUT2D eigenvalue weighted by Gasteiger charge is 2.45.